The summed E-state index contributed by atoms with van der Waals surface area (Å²) in [5, 5.41) is 16.2. The zero-order valence-electron chi connectivity index (χ0n) is 19.6. The van der Waals surface area contributed by atoms with Gasteiger partial charge >= 0.3 is 0 Å². The number of pyridine rings is 1. The SMILES string of the molecule is C=C(c1ccc2cc(CCNc3ccnc4ccc(C#N)cc34)ccc2c1)N1CCN(C)CC1. The summed E-state index contributed by atoms with van der Waals surface area (Å²) in [6.45, 7) is 9.41. The van der Waals surface area contributed by atoms with Crippen LogP contribution in [0.5, 0.6) is 0 Å². The minimum Gasteiger partial charge on any atom is -0.384 e. The third kappa shape index (κ3) is 4.59. The molecule has 1 fully saturated rings. The monoisotopic (exact) mass is 447 g/mol. The molecule has 170 valence electrons. The van der Waals surface area contributed by atoms with Crippen LogP contribution in [0, 0.1) is 11.3 Å². The largest absolute Gasteiger partial charge is 0.384 e. The number of aromatic nitrogens is 1. The van der Waals surface area contributed by atoms with Crippen molar-refractivity contribution in [2.24, 2.45) is 0 Å². The number of rotatable bonds is 6. The van der Waals surface area contributed by atoms with Crippen molar-refractivity contribution in [3.63, 3.8) is 0 Å². The van der Waals surface area contributed by atoms with E-state index in [4.69, 9.17) is 0 Å². The Morgan fingerprint density at radius 2 is 1.79 bits per heavy atom. The van der Waals surface area contributed by atoms with Crippen molar-refractivity contribution in [3.8, 4) is 6.07 Å². The van der Waals surface area contributed by atoms with Crippen LogP contribution in [0.25, 0.3) is 27.4 Å². The maximum absolute atomic E-state index is 9.22. The van der Waals surface area contributed by atoms with Crippen LogP contribution in [0.3, 0.4) is 0 Å². The fraction of sp³-hybridized carbons (Fsp3) is 0.241. The zero-order valence-corrected chi connectivity index (χ0v) is 19.6. The van der Waals surface area contributed by atoms with Crippen molar-refractivity contribution in [3.05, 3.63) is 90.1 Å². The van der Waals surface area contributed by atoms with Gasteiger partial charge in [-0.05, 0) is 65.7 Å². The molecule has 0 saturated carbocycles. The molecule has 0 atom stereocenters. The predicted octanol–water partition coefficient (Wildman–Crippen LogP) is 5.13. The third-order valence-electron chi connectivity index (χ3n) is 6.72. The molecule has 5 heteroatoms. The molecule has 0 radical (unpaired) electrons. The van der Waals surface area contributed by atoms with Gasteiger partial charge in [-0.15, -0.1) is 0 Å². The van der Waals surface area contributed by atoms with Crippen LogP contribution in [0.1, 0.15) is 16.7 Å². The quantitative estimate of drug-likeness (QED) is 0.444. The van der Waals surface area contributed by atoms with Gasteiger partial charge < -0.3 is 15.1 Å². The first-order valence-electron chi connectivity index (χ1n) is 11.8. The molecule has 0 unspecified atom stereocenters. The number of benzene rings is 3. The highest BCUT2D eigenvalue weighted by molar-refractivity contribution is 5.92. The molecule has 0 spiro atoms. The number of nitriles is 1. The highest BCUT2D eigenvalue weighted by Gasteiger charge is 2.16. The number of fused-ring (bicyclic) bond motifs is 2. The lowest BCUT2D eigenvalue weighted by atomic mass is 10.0. The lowest BCUT2D eigenvalue weighted by Crippen LogP contribution is -2.43. The van der Waals surface area contributed by atoms with E-state index in [2.05, 4.69) is 76.2 Å². The van der Waals surface area contributed by atoms with Gasteiger partial charge in [-0.1, -0.05) is 36.9 Å². The summed E-state index contributed by atoms with van der Waals surface area (Å²) in [5.41, 5.74) is 6.16. The summed E-state index contributed by atoms with van der Waals surface area (Å²) < 4.78 is 0. The Kier molecular flexibility index (Phi) is 6.16. The van der Waals surface area contributed by atoms with Gasteiger partial charge in [-0.2, -0.15) is 5.26 Å². The van der Waals surface area contributed by atoms with Crippen LogP contribution >= 0.6 is 0 Å². The van der Waals surface area contributed by atoms with Crippen molar-refractivity contribution >= 4 is 33.1 Å². The number of likely N-dealkylation sites (N-methyl/N-ethyl adjacent to an activating group) is 1. The van der Waals surface area contributed by atoms with Gasteiger partial charge in [0, 0.05) is 55.7 Å². The molecule has 1 aliphatic rings. The Morgan fingerprint density at radius 3 is 2.62 bits per heavy atom. The fourth-order valence-electron chi connectivity index (χ4n) is 4.60. The molecule has 5 rings (SSSR count). The maximum Gasteiger partial charge on any atom is 0.0991 e. The van der Waals surface area contributed by atoms with Crippen LogP contribution in [0.15, 0.2) is 73.4 Å². The average molecular weight is 448 g/mol. The zero-order chi connectivity index (χ0) is 23.5. The second-order valence-electron chi connectivity index (χ2n) is 9.01. The van der Waals surface area contributed by atoms with Crippen molar-refractivity contribution in [1.29, 1.82) is 5.26 Å². The van der Waals surface area contributed by atoms with Gasteiger partial charge in [0.05, 0.1) is 17.1 Å². The van der Waals surface area contributed by atoms with E-state index < -0.39 is 0 Å². The summed E-state index contributed by atoms with van der Waals surface area (Å²) in [6, 6.07) is 23.1. The molecule has 1 aromatic heterocycles. The summed E-state index contributed by atoms with van der Waals surface area (Å²) in [6.07, 6.45) is 2.72. The van der Waals surface area contributed by atoms with E-state index in [1.165, 1.54) is 21.9 Å². The van der Waals surface area contributed by atoms with E-state index in [1.807, 2.05) is 18.2 Å². The minimum atomic E-state index is 0.646. The molecular formula is C29H29N5. The van der Waals surface area contributed by atoms with E-state index in [-0.39, 0.29) is 0 Å². The number of hydrogen-bond donors (Lipinski definition) is 1. The summed E-state index contributed by atoms with van der Waals surface area (Å²) >= 11 is 0. The second kappa shape index (κ2) is 9.54. The Morgan fingerprint density at radius 1 is 1.00 bits per heavy atom. The van der Waals surface area contributed by atoms with E-state index in [9.17, 15) is 5.26 Å². The molecule has 4 aromatic rings. The Hall–Kier alpha value is -3.88. The van der Waals surface area contributed by atoms with Crippen molar-refractivity contribution in [1.82, 2.24) is 14.8 Å². The van der Waals surface area contributed by atoms with Crippen molar-refractivity contribution in [2.45, 2.75) is 6.42 Å². The Labute approximate surface area is 200 Å². The van der Waals surface area contributed by atoms with Gasteiger partial charge in [-0.3, -0.25) is 4.98 Å². The topological polar surface area (TPSA) is 55.2 Å². The van der Waals surface area contributed by atoms with E-state index in [1.54, 1.807) is 12.3 Å². The number of piperazine rings is 1. The van der Waals surface area contributed by atoms with Crippen LogP contribution in [-0.4, -0.2) is 54.6 Å². The highest BCUT2D eigenvalue weighted by atomic mass is 15.2. The van der Waals surface area contributed by atoms with Gasteiger partial charge in [0.25, 0.3) is 0 Å². The molecule has 0 bridgehead atoms. The third-order valence-corrected chi connectivity index (χ3v) is 6.72. The average Bonchev–Trinajstić information content (AvgIpc) is 2.88. The summed E-state index contributed by atoms with van der Waals surface area (Å²) in [7, 11) is 2.17. The van der Waals surface area contributed by atoms with Gasteiger partial charge in [-0.25, -0.2) is 0 Å². The Balaban J connectivity index is 1.26. The molecule has 3 aromatic carbocycles. The van der Waals surface area contributed by atoms with E-state index in [0.29, 0.717) is 5.56 Å². The number of nitrogens with one attached hydrogen (secondary N) is 1. The fourth-order valence-corrected chi connectivity index (χ4v) is 4.60. The molecular weight excluding hydrogens is 418 g/mol. The first-order chi connectivity index (χ1) is 16.6. The smallest absolute Gasteiger partial charge is 0.0991 e. The van der Waals surface area contributed by atoms with E-state index >= 15 is 0 Å². The number of hydrogen-bond acceptors (Lipinski definition) is 5. The van der Waals surface area contributed by atoms with E-state index in [0.717, 1.165) is 61.4 Å². The molecule has 1 N–H and O–H groups in total. The lowest BCUT2D eigenvalue weighted by molar-refractivity contribution is 0.207. The van der Waals surface area contributed by atoms with Crippen molar-refractivity contribution < 1.29 is 0 Å². The molecule has 0 amide bonds. The highest BCUT2D eigenvalue weighted by Crippen LogP contribution is 2.25. The van der Waals surface area contributed by atoms with Gasteiger partial charge in [0.15, 0.2) is 0 Å². The van der Waals surface area contributed by atoms with Crippen molar-refractivity contribution in [2.75, 3.05) is 45.1 Å². The molecule has 1 aliphatic heterocycles. The summed E-state index contributed by atoms with van der Waals surface area (Å²) in [4.78, 5) is 9.16. The normalized spacial score (nSPS) is 14.3. The first kappa shape index (κ1) is 21.9. The molecule has 2 heterocycles. The number of anilines is 1. The predicted molar refractivity (Wildman–Crippen MR) is 141 cm³/mol. The first-order valence-corrected chi connectivity index (χ1v) is 11.8. The second-order valence-corrected chi connectivity index (χ2v) is 9.01. The molecule has 5 nitrogen and oxygen atoms in total. The molecule has 0 aliphatic carbocycles. The lowest BCUT2D eigenvalue weighted by Gasteiger charge is -2.35. The summed E-state index contributed by atoms with van der Waals surface area (Å²) in [5.74, 6) is 0. The maximum atomic E-state index is 9.22. The number of nitrogens with zero attached hydrogens (tertiary/aromatic N) is 4. The van der Waals surface area contributed by atoms with Crippen LogP contribution < -0.4 is 5.32 Å². The molecule has 34 heavy (non-hydrogen) atoms. The van der Waals surface area contributed by atoms with Crippen LogP contribution in [0.4, 0.5) is 5.69 Å². The standard InChI is InChI=1S/C29H29N5/c1-21(34-15-13-33(2)14-16-34)24-6-7-25-17-22(3-5-26(25)19-24)9-11-31-29-10-12-32-28-8-4-23(20-30)18-27(28)29/h3-8,10,12,17-19H,1,9,11,13-16H2,2H3,(H,31,32). The van der Waals surface area contributed by atoms with Crippen LogP contribution in [-0.2, 0) is 6.42 Å². The Bertz CT molecular complexity index is 1390. The van der Waals surface area contributed by atoms with Crippen LogP contribution in [0.2, 0.25) is 0 Å². The molecule has 1 saturated heterocycles. The minimum absolute atomic E-state index is 0.646. The van der Waals surface area contributed by atoms with Gasteiger partial charge in [0.2, 0.25) is 0 Å². The van der Waals surface area contributed by atoms with Gasteiger partial charge in [0.1, 0.15) is 0 Å².